The average molecular weight is 246 g/mol. The maximum atomic E-state index is 6.20. The zero-order valence-electron chi connectivity index (χ0n) is 11.4. The molecule has 98 valence electrons. The van der Waals surface area contributed by atoms with Crippen molar-refractivity contribution in [3.05, 3.63) is 36.1 Å². The van der Waals surface area contributed by atoms with Gasteiger partial charge in [-0.3, -0.25) is 0 Å². The summed E-state index contributed by atoms with van der Waals surface area (Å²) in [6.07, 6.45) is 0. The van der Waals surface area contributed by atoms with Gasteiger partial charge in [0.15, 0.2) is 0 Å². The molecule has 0 saturated heterocycles. The second-order valence-corrected chi connectivity index (χ2v) is 5.41. The molecule has 0 radical (unpaired) electrons. The summed E-state index contributed by atoms with van der Waals surface area (Å²) in [4.78, 5) is 2.25. The summed E-state index contributed by atoms with van der Waals surface area (Å²) < 4.78 is 5.78. The summed E-state index contributed by atoms with van der Waals surface area (Å²) in [5.74, 6) is 1.52. The van der Waals surface area contributed by atoms with Crippen LogP contribution >= 0.6 is 0 Å². The molecule has 1 unspecified atom stereocenters. The second kappa shape index (κ2) is 5.55. The molecule has 0 saturated carbocycles. The van der Waals surface area contributed by atoms with Crippen LogP contribution in [0.1, 0.15) is 25.6 Å². The molecule has 0 fully saturated rings. The second-order valence-electron chi connectivity index (χ2n) is 5.41. The molecule has 0 bridgehead atoms. The number of rotatable bonds is 5. The first-order valence-electron chi connectivity index (χ1n) is 6.49. The van der Waals surface area contributed by atoms with Crippen molar-refractivity contribution in [3.8, 4) is 0 Å². The van der Waals surface area contributed by atoms with Crippen molar-refractivity contribution >= 4 is 11.0 Å². The lowest BCUT2D eigenvalue weighted by Crippen LogP contribution is -2.31. The van der Waals surface area contributed by atoms with Crippen LogP contribution in [0, 0.1) is 5.92 Å². The van der Waals surface area contributed by atoms with E-state index in [1.807, 2.05) is 30.3 Å². The molecule has 0 aliphatic carbocycles. The first-order valence-corrected chi connectivity index (χ1v) is 6.49. The molecule has 0 aliphatic rings. The van der Waals surface area contributed by atoms with E-state index < -0.39 is 0 Å². The number of para-hydroxylation sites is 1. The summed E-state index contributed by atoms with van der Waals surface area (Å²) >= 11 is 0. The SMILES string of the molecule is CC(C)CN(C)CC(N)c1cc2ccccc2o1. The Hall–Kier alpha value is -1.32. The number of hydrogen-bond acceptors (Lipinski definition) is 3. The highest BCUT2D eigenvalue weighted by Crippen LogP contribution is 2.23. The average Bonchev–Trinajstić information content (AvgIpc) is 2.71. The van der Waals surface area contributed by atoms with E-state index in [0.29, 0.717) is 5.92 Å². The number of benzene rings is 1. The van der Waals surface area contributed by atoms with Crippen molar-refractivity contribution in [2.24, 2.45) is 11.7 Å². The Morgan fingerprint density at radius 1 is 1.22 bits per heavy atom. The monoisotopic (exact) mass is 246 g/mol. The van der Waals surface area contributed by atoms with Gasteiger partial charge in [-0.2, -0.15) is 0 Å². The minimum Gasteiger partial charge on any atom is -0.459 e. The Morgan fingerprint density at radius 2 is 1.94 bits per heavy atom. The van der Waals surface area contributed by atoms with Gasteiger partial charge in [0.2, 0.25) is 0 Å². The highest BCUT2D eigenvalue weighted by Gasteiger charge is 2.14. The van der Waals surface area contributed by atoms with Gasteiger partial charge in [0.25, 0.3) is 0 Å². The first-order chi connectivity index (χ1) is 8.56. The third-order valence-electron chi connectivity index (χ3n) is 3.00. The highest BCUT2D eigenvalue weighted by atomic mass is 16.3. The Balaban J connectivity index is 2.06. The number of likely N-dealkylation sites (N-methyl/N-ethyl adjacent to an activating group) is 1. The largest absolute Gasteiger partial charge is 0.459 e. The van der Waals surface area contributed by atoms with Crippen LogP contribution in [0.3, 0.4) is 0 Å². The standard InChI is InChI=1S/C15H22N2O/c1-11(2)9-17(3)10-13(16)15-8-12-6-4-5-7-14(12)18-15/h4-8,11,13H,9-10,16H2,1-3H3. The Kier molecular flexibility index (Phi) is 4.04. The van der Waals surface area contributed by atoms with E-state index in [2.05, 4.69) is 25.8 Å². The lowest BCUT2D eigenvalue weighted by atomic mass is 10.1. The summed E-state index contributed by atoms with van der Waals surface area (Å²) in [6.45, 7) is 6.29. The molecule has 0 spiro atoms. The maximum absolute atomic E-state index is 6.20. The van der Waals surface area contributed by atoms with Crippen LogP contribution in [-0.2, 0) is 0 Å². The van der Waals surface area contributed by atoms with E-state index in [4.69, 9.17) is 10.2 Å². The Bertz CT molecular complexity index is 471. The third-order valence-corrected chi connectivity index (χ3v) is 3.00. The molecule has 1 heterocycles. The van der Waals surface area contributed by atoms with Crippen LogP contribution in [0.15, 0.2) is 34.7 Å². The molecular weight excluding hydrogens is 224 g/mol. The highest BCUT2D eigenvalue weighted by molar-refractivity contribution is 5.77. The normalized spacial score (nSPS) is 13.7. The zero-order chi connectivity index (χ0) is 13.1. The number of nitrogens with two attached hydrogens (primary N) is 1. The van der Waals surface area contributed by atoms with Gasteiger partial charge in [0.05, 0.1) is 6.04 Å². The fourth-order valence-corrected chi connectivity index (χ4v) is 2.31. The number of hydrogen-bond donors (Lipinski definition) is 1. The fourth-order valence-electron chi connectivity index (χ4n) is 2.31. The van der Waals surface area contributed by atoms with Crippen molar-refractivity contribution in [1.82, 2.24) is 4.90 Å². The van der Waals surface area contributed by atoms with Crippen LogP contribution in [0.25, 0.3) is 11.0 Å². The minimum atomic E-state index is -0.0684. The lowest BCUT2D eigenvalue weighted by molar-refractivity contribution is 0.268. The molecular formula is C15H22N2O. The molecule has 18 heavy (non-hydrogen) atoms. The molecule has 3 heteroatoms. The molecule has 0 aliphatic heterocycles. The van der Waals surface area contributed by atoms with E-state index in [1.54, 1.807) is 0 Å². The van der Waals surface area contributed by atoms with Crippen LogP contribution in [0.2, 0.25) is 0 Å². The summed E-state index contributed by atoms with van der Waals surface area (Å²) in [5.41, 5.74) is 7.11. The lowest BCUT2D eigenvalue weighted by Gasteiger charge is -2.21. The third kappa shape index (κ3) is 3.12. The molecule has 1 aromatic carbocycles. The van der Waals surface area contributed by atoms with Crippen molar-refractivity contribution < 1.29 is 4.42 Å². The van der Waals surface area contributed by atoms with Gasteiger partial charge in [-0.25, -0.2) is 0 Å². The van der Waals surface area contributed by atoms with Gasteiger partial charge in [-0.05, 0) is 25.1 Å². The fraction of sp³-hybridized carbons (Fsp3) is 0.467. The van der Waals surface area contributed by atoms with E-state index >= 15 is 0 Å². The smallest absolute Gasteiger partial charge is 0.134 e. The van der Waals surface area contributed by atoms with Crippen LogP contribution in [0.4, 0.5) is 0 Å². The van der Waals surface area contributed by atoms with Gasteiger partial charge >= 0.3 is 0 Å². The molecule has 3 nitrogen and oxygen atoms in total. The summed E-state index contributed by atoms with van der Waals surface area (Å²) in [7, 11) is 2.10. The molecule has 0 amide bonds. The Labute approximate surface area is 109 Å². The summed E-state index contributed by atoms with van der Waals surface area (Å²) in [5, 5.41) is 1.12. The predicted molar refractivity (Wildman–Crippen MR) is 75.5 cm³/mol. The van der Waals surface area contributed by atoms with Crippen molar-refractivity contribution in [3.63, 3.8) is 0 Å². The first kappa shape index (κ1) is 13.1. The van der Waals surface area contributed by atoms with Crippen molar-refractivity contribution in [1.29, 1.82) is 0 Å². The van der Waals surface area contributed by atoms with E-state index in [0.717, 1.165) is 29.8 Å². The number of furan rings is 1. The van der Waals surface area contributed by atoms with E-state index in [1.165, 1.54) is 0 Å². The minimum absolute atomic E-state index is 0.0684. The van der Waals surface area contributed by atoms with Crippen molar-refractivity contribution in [2.75, 3.05) is 20.1 Å². The number of fused-ring (bicyclic) bond motifs is 1. The number of nitrogens with zero attached hydrogens (tertiary/aromatic N) is 1. The molecule has 1 aromatic heterocycles. The van der Waals surface area contributed by atoms with Gasteiger partial charge in [-0.1, -0.05) is 32.0 Å². The summed E-state index contributed by atoms with van der Waals surface area (Å²) in [6, 6.07) is 9.99. The van der Waals surface area contributed by atoms with Gasteiger partial charge in [-0.15, -0.1) is 0 Å². The molecule has 2 aromatic rings. The van der Waals surface area contributed by atoms with E-state index in [9.17, 15) is 0 Å². The Morgan fingerprint density at radius 3 is 2.61 bits per heavy atom. The zero-order valence-corrected chi connectivity index (χ0v) is 11.4. The van der Waals surface area contributed by atoms with Crippen molar-refractivity contribution in [2.45, 2.75) is 19.9 Å². The van der Waals surface area contributed by atoms with Crippen LogP contribution < -0.4 is 5.73 Å². The van der Waals surface area contributed by atoms with Gasteiger partial charge in [0, 0.05) is 18.5 Å². The van der Waals surface area contributed by atoms with E-state index in [-0.39, 0.29) is 6.04 Å². The predicted octanol–water partition coefficient (Wildman–Crippen LogP) is 3.02. The molecule has 2 N–H and O–H groups in total. The maximum Gasteiger partial charge on any atom is 0.134 e. The topological polar surface area (TPSA) is 42.4 Å². The van der Waals surface area contributed by atoms with Crippen LogP contribution in [0.5, 0.6) is 0 Å². The quantitative estimate of drug-likeness (QED) is 0.881. The molecule has 2 rings (SSSR count). The van der Waals surface area contributed by atoms with Gasteiger partial charge < -0.3 is 15.1 Å². The molecule has 1 atom stereocenters. The van der Waals surface area contributed by atoms with Crippen LogP contribution in [-0.4, -0.2) is 25.0 Å². The van der Waals surface area contributed by atoms with Gasteiger partial charge in [0.1, 0.15) is 11.3 Å².